The van der Waals surface area contributed by atoms with Gasteiger partial charge in [0.15, 0.2) is 0 Å². The molecule has 14 heavy (non-hydrogen) atoms. The standard InChI is InChI=1S/C13H17N/c1-2-9-14-10-12-8-7-11-5-3-4-6-13(11)12/h3-8,12,14H,2,9-10H2,1H3. The van der Waals surface area contributed by atoms with Gasteiger partial charge in [-0.1, -0.05) is 43.3 Å². The largest absolute Gasteiger partial charge is 0.316 e. The molecule has 1 heteroatoms. The molecule has 0 saturated heterocycles. The van der Waals surface area contributed by atoms with E-state index in [4.69, 9.17) is 0 Å². The molecular formula is C13H17N. The van der Waals surface area contributed by atoms with Crippen molar-refractivity contribution in [3.8, 4) is 0 Å². The molecule has 1 atom stereocenters. The molecule has 0 saturated carbocycles. The molecule has 0 radical (unpaired) electrons. The molecule has 0 aliphatic heterocycles. The lowest BCUT2D eigenvalue weighted by Gasteiger charge is -2.11. The van der Waals surface area contributed by atoms with Crippen LogP contribution in [0.1, 0.15) is 30.4 Å². The zero-order valence-electron chi connectivity index (χ0n) is 8.66. The molecule has 1 aromatic carbocycles. The maximum absolute atomic E-state index is 3.47. The topological polar surface area (TPSA) is 12.0 Å². The van der Waals surface area contributed by atoms with Crippen LogP contribution in [-0.4, -0.2) is 13.1 Å². The van der Waals surface area contributed by atoms with E-state index in [0.717, 1.165) is 13.1 Å². The lowest BCUT2D eigenvalue weighted by Crippen LogP contribution is -2.20. The highest BCUT2D eigenvalue weighted by atomic mass is 14.8. The average molecular weight is 187 g/mol. The van der Waals surface area contributed by atoms with Crippen molar-refractivity contribution in [1.82, 2.24) is 5.32 Å². The number of hydrogen-bond acceptors (Lipinski definition) is 1. The Labute approximate surface area is 85.8 Å². The molecule has 0 heterocycles. The smallest absolute Gasteiger partial charge is 0.0152 e. The first-order valence-electron chi connectivity index (χ1n) is 5.39. The maximum atomic E-state index is 3.47. The predicted octanol–water partition coefficient (Wildman–Crippen LogP) is 2.80. The van der Waals surface area contributed by atoms with E-state index in [2.05, 4.69) is 48.7 Å². The van der Waals surface area contributed by atoms with Gasteiger partial charge in [0.2, 0.25) is 0 Å². The van der Waals surface area contributed by atoms with Crippen LogP contribution >= 0.6 is 0 Å². The number of hydrogen-bond donors (Lipinski definition) is 1. The molecule has 1 unspecified atom stereocenters. The fourth-order valence-corrected chi connectivity index (χ4v) is 1.94. The van der Waals surface area contributed by atoms with Crippen molar-refractivity contribution in [3.63, 3.8) is 0 Å². The number of fused-ring (bicyclic) bond motifs is 1. The minimum atomic E-state index is 0.581. The molecule has 1 N–H and O–H groups in total. The van der Waals surface area contributed by atoms with Gasteiger partial charge in [-0.2, -0.15) is 0 Å². The van der Waals surface area contributed by atoms with Gasteiger partial charge in [-0.15, -0.1) is 0 Å². The first kappa shape index (κ1) is 9.47. The van der Waals surface area contributed by atoms with Gasteiger partial charge in [0.1, 0.15) is 0 Å². The number of rotatable bonds is 4. The van der Waals surface area contributed by atoms with E-state index < -0.39 is 0 Å². The van der Waals surface area contributed by atoms with E-state index in [1.54, 1.807) is 0 Å². The second-order valence-electron chi connectivity index (χ2n) is 3.80. The Morgan fingerprint density at radius 2 is 2.14 bits per heavy atom. The van der Waals surface area contributed by atoms with Crippen LogP contribution in [0, 0.1) is 0 Å². The van der Waals surface area contributed by atoms with Crippen LogP contribution in [0.2, 0.25) is 0 Å². The van der Waals surface area contributed by atoms with Crippen LogP contribution in [0.25, 0.3) is 6.08 Å². The molecule has 1 aromatic rings. The Morgan fingerprint density at radius 1 is 1.29 bits per heavy atom. The Hall–Kier alpha value is -1.08. The second-order valence-corrected chi connectivity index (χ2v) is 3.80. The Kier molecular flexibility index (Phi) is 3.00. The van der Waals surface area contributed by atoms with Crippen molar-refractivity contribution in [2.24, 2.45) is 0 Å². The third kappa shape index (κ3) is 1.88. The zero-order valence-corrected chi connectivity index (χ0v) is 8.66. The Balaban J connectivity index is 2.00. The normalized spacial score (nSPS) is 18.5. The molecular weight excluding hydrogens is 170 g/mol. The summed E-state index contributed by atoms with van der Waals surface area (Å²) in [4.78, 5) is 0. The van der Waals surface area contributed by atoms with Gasteiger partial charge in [-0.3, -0.25) is 0 Å². The molecule has 2 rings (SSSR count). The van der Waals surface area contributed by atoms with E-state index in [9.17, 15) is 0 Å². The molecule has 1 aliphatic rings. The average Bonchev–Trinajstić information content (AvgIpc) is 2.63. The summed E-state index contributed by atoms with van der Waals surface area (Å²) in [5, 5.41) is 3.47. The van der Waals surface area contributed by atoms with Gasteiger partial charge in [0, 0.05) is 12.5 Å². The van der Waals surface area contributed by atoms with Crippen molar-refractivity contribution in [2.75, 3.05) is 13.1 Å². The maximum Gasteiger partial charge on any atom is 0.0152 e. The first-order valence-corrected chi connectivity index (χ1v) is 5.39. The van der Waals surface area contributed by atoms with E-state index >= 15 is 0 Å². The van der Waals surface area contributed by atoms with Gasteiger partial charge >= 0.3 is 0 Å². The monoisotopic (exact) mass is 187 g/mol. The van der Waals surface area contributed by atoms with Crippen LogP contribution in [0.5, 0.6) is 0 Å². The summed E-state index contributed by atoms with van der Waals surface area (Å²) in [5.41, 5.74) is 2.85. The van der Waals surface area contributed by atoms with Gasteiger partial charge < -0.3 is 5.32 Å². The highest BCUT2D eigenvalue weighted by Gasteiger charge is 2.15. The molecule has 0 aromatic heterocycles. The number of benzene rings is 1. The number of nitrogens with one attached hydrogen (secondary N) is 1. The predicted molar refractivity (Wildman–Crippen MR) is 61.4 cm³/mol. The lowest BCUT2D eigenvalue weighted by atomic mass is 10.0. The molecule has 0 spiro atoms. The third-order valence-corrected chi connectivity index (χ3v) is 2.69. The summed E-state index contributed by atoms with van der Waals surface area (Å²) in [6.07, 6.45) is 5.74. The highest BCUT2D eigenvalue weighted by Crippen LogP contribution is 2.28. The fourth-order valence-electron chi connectivity index (χ4n) is 1.94. The summed E-state index contributed by atoms with van der Waals surface area (Å²) in [6, 6.07) is 8.64. The first-order chi connectivity index (χ1) is 6.92. The molecule has 74 valence electrons. The molecule has 1 nitrogen and oxygen atoms in total. The van der Waals surface area contributed by atoms with Gasteiger partial charge in [0.05, 0.1) is 0 Å². The molecule has 0 bridgehead atoms. The molecule has 1 aliphatic carbocycles. The van der Waals surface area contributed by atoms with E-state index in [1.807, 2.05) is 0 Å². The minimum Gasteiger partial charge on any atom is -0.316 e. The molecule has 0 fully saturated rings. The Morgan fingerprint density at radius 3 is 3.00 bits per heavy atom. The van der Waals surface area contributed by atoms with Crippen molar-refractivity contribution in [2.45, 2.75) is 19.3 Å². The van der Waals surface area contributed by atoms with Crippen molar-refractivity contribution in [1.29, 1.82) is 0 Å². The summed E-state index contributed by atoms with van der Waals surface area (Å²) in [6.45, 7) is 4.39. The van der Waals surface area contributed by atoms with Gasteiger partial charge in [-0.05, 0) is 24.1 Å². The van der Waals surface area contributed by atoms with Crippen LogP contribution in [-0.2, 0) is 0 Å². The van der Waals surface area contributed by atoms with Crippen molar-refractivity contribution < 1.29 is 0 Å². The summed E-state index contributed by atoms with van der Waals surface area (Å²) in [5.74, 6) is 0.581. The lowest BCUT2D eigenvalue weighted by molar-refractivity contribution is 0.640. The minimum absolute atomic E-state index is 0.581. The summed E-state index contributed by atoms with van der Waals surface area (Å²) >= 11 is 0. The van der Waals surface area contributed by atoms with Gasteiger partial charge in [0.25, 0.3) is 0 Å². The van der Waals surface area contributed by atoms with Crippen molar-refractivity contribution in [3.05, 3.63) is 41.5 Å². The van der Waals surface area contributed by atoms with Crippen LogP contribution < -0.4 is 5.32 Å². The quantitative estimate of drug-likeness (QED) is 0.715. The van der Waals surface area contributed by atoms with Crippen LogP contribution in [0.4, 0.5) is 0 Å². The Bertz CT molecular complexity index is 328. The fraction of sp³-hybridized carbons (Fsp3) is 0.385. The second kappa shape index (κ2) is 4.43. The summed E-state index contributed by atoms with van der Waals surface area (Å²) in [7, 11) is 0. The third-order valence-electron chi connectivity index (χ3n) is 2.69. The van der Waals surface area contributed by atoms with Crippen LogP contribution in [0.15, 0.2) is 30.3 Å². The highest BCUT2D eigenvalue weighted by molar-refractivity contribution is 5.62. The zero-order chi connectivity index (χ0) is 9.80. The van der Waals surface area contributed by atoms with E-state index in [1.165, 1.54) is 17.5 Å². The van der Waals surface area contributed by atoms with E-state index in [0.29, 0.717) is 5.92 Å². The van der Waals surface area contributed by atoms with Crippen molar-refractivity contribution >= 4 is 6.08 Å². The SMILES string of the molecule is CCCNCC1C=Cc2ccccc21. The van der Waals surface area contributed by atoms with Gasteiger partial charge in [-0.25, -0.2) is 0 Å². The molecule has 0 amide bonds. The van der Waals surface area contributed by atoms with E-state index in [-0.39, 0.29) is 0 Å². The van der Waals surface area contributed by atoms with Crippen LogP contribution in [0.3, 0.4) is 0 Å². The summed E-state index contributed by atoms with van der Waals surface area (Å²) < 4.78 is 0.